The van der Waals surface area contributed by atoms with Gasteiger partial charge in [-0.3, -0.25) is 0 Å². The first-order valence-electron chi connectivity index (χ1n) is 5.29. The largest absolute Gasteiger partial charge is 0.372 e. The van der Waals surface area contributed by atoms with Gasteiger partial charge in [-0.2, -0.15) is 0 Å². The lowest BCUT2D eigenvalue weighted by Crippen LogP contribution is -1.96. The van der Waals surface area contributed by atoms with Crippen LogP contribution in [0.5, 0.6) is 0 Å². The van der Waals surface area contributed by atoms with E-state index in [1.807, 2.05) is 24.3 Å². The number of benzene rings is 1. The molecule has 2 rings (SSSR count). The van der Waals surface area contributed by atoms with E-state index in [1.54, 1.807) is 12.1 Å². The highest BCUT2D eigenvalue weighted by Crippen LogP contribution is 2.19. The van der Waals surface area contributed by atoms with Crippen molar-refractivity contribution in [3.63, 3.8) is 0 Å². The van der Waals surface area contributed by atoms with Crippen LogP contribution in [0, 0.1) is 0 Å². The van der Waals surface area contributed by atoms with Gasteiger partial charge in [-0.1, -0.05) is 59.1 Å². The van der Waals surface area contributed by atoms with Gasteiger partial charge >= 0.3 is 0 Å². The smallest absolute Gasteiger partial charge is 0.136 e. The van der Waals surface area contributed by atoms with Crippen molar-refractivity contribution < 1.29 is 4.74 Å². The number of ether oxygens (including phenoxy) is 1. The van der Waals surface area contributed by atoms with Crippen molar-refractivity contribution >= 4 is 34.8 Å². The number of nitrogens with zero attached hydrogens (tertiary/aromatic N) is 1. The summed E-state index contributed by atoms with van der Waals surface area (Å²) in [6, 6.07) is 11.0. The second-order valence-corrected chi connectivity index (χ2v) is 4.82. The molecular weight excluding hydrogens is 293 g/mol. The van der Waals surface area contributed by atoms with Crippen molar-refractivity contribution in [2.24, 2.45) is 0 Å². The Balaban J connectivity index is 1.95. The molecule has 0 bridgehead atoms. The fraction of sp³-hybridized carbons (Fsp3) is 0.154. The second kappa shape index (κ2) is 6.39. The van der Waals surface area contributed by atoms with Gasteiger partial charge in [-0.15, -0.1) is 0 Å². The SMILES string of the molecule is Clc1ccc(COCc2ccccc2Cl)c(Cl)n1. The Labute approximate surface area is 120 Å². The molecule has 1 aromatic carbocycles. The van der Waals surface area contributed by atoms with Crippen LogP contribution in [0.1, 0.15) is 11.1 Å². The van der Waals surface area contributed by atoms with Crippen LogP contribution < -0.4 is 0 Å². The molecule has 0 saturated carbocycles. The lowest BCUT2D eigenvalue weighted by atomic mass is 10.2. The minimum absolute atomic E-state index is 0.363. The molecule has 0 amide bonds. The van der Waals surface area contributed by atoms with Gasteiger partial charge in [0, 0.05) is 10.6 Å². The molecule has 0 unspecified atom stereocenters. The van der Waals surface area contributed by atoms with Crippen LogP contribution in [0.2, 0.25) is 15.3 Å². The van der Waals surface area contributed by atoms with Gasteiger partial charge in [0.05, 0.1) is 13.2 Å². The Morgan fingerprint density at radius 2 is 1.61 bits per heavy atom. The number of rotatable bonds is 4. The number of hydrogen-bond donors (Lipinski definition) is 0. The Bertz CT molecular complexity index is 546. The number of hydrogen-bond acceptors (Lipinski definition) is 2. The predicted octanol–water partition coefficient (Wildman–Crippen LogP) is 4.76. The molecule has 2 nitrogen and oxygen atoms in total. The zero-order chi connectivity index (χ0) is 13.0. The van der Waals surface area contributed by atoms with Crippen molar-refractivity contribution in [1.82, 2.24) is 4.98 Å². The molecule has 0 aliphatic carbocycles. The summed E-state index contributed by atoms with van der Waals surface area (Å²) >= 11 is 17.7. The van der Waals surface area contributed by atoms with Gasteiger partial charge < -0.3 is 4.74 Å². The fourth-order valence-corrected chi connectivity index (χ4v) is 2.02. The van der Waals surface area contributed by atoms with E-state index in [0.717, 1.165) is 11.1 Å². The molecule has 5 heteroatoms. The number of pyridine rings is 1. The topological polar surface area (TPSA) is 22.1 Å². The van der Waals surface area contributed by atoms with E-state index in [-0.39, 0.29) is 0 Å². The highest BCUT2D eigenvalue weighted by molar-refractivity contribution is 6.32. The van der Waals surface area contributed by atoms with Crippen LogP contribution in [0.15, 0.2) is 36.4 Å². The molecule has 0 aliphatic heterocycles. The lowest BCUT2D eigenvalue weighted by Gasteiger charge is -2.07. The summed E-state index contributed by atoms with van der Waals surface area (Å²) in [5.74, 6) is 0. The van der Waals surface area contributed by atoms with Gasteiger partial charge in [0.25, 0.3) is 0 Å². The number of halogens is 3. The zero-order valence-electron chi connectivity index (χ0n) is 9.37. The highest BCUT2D eigenvalue weighted by atomic mass is 35.5. The van der Waals surface area contributed by atoms with E-state index in [0.29, 0.717) is 28.5 Å². The van der Waals surface area contributed by atoms with E-state index in [9.17, 15) is 0 Å². The minimum atomic E-state index is 0.363. The Kier molecular flexibility index (Phi) is 4.84. The van der Waals surface area contributed by atoms with E-state index < -0.39 is 0 Å². The van der Waals surface area contributed by atoms with E-state index in [1.165, 1.54) is 0 Å². The van der Waals surface area contributed by atoms with E-state index >= 15 is 0 Å². The van der Waals surface area contributed by atoms with Crippen molar-refractivity contribution in [3.8, 4) is 0 Å². The Morgan fingerprint density at radius 3 is 2.33 bits per heavy atom. The van der Waals surface area contributed by atoms with Crippen molar-refractivity contribution in [2.75, 3.05) is 0 Å². The Hall–Kier alpha value is -0.800. The maximum Gasteiger partial charge on any atom is 0.136 e. The summed E-state index contributed by atoms with van der Waals surface area (Å²) in [7, 11) is 0. The summed E-state index contributed by atoms with van der Waals surface area (Å²) < 4.78 is 5.56. The molecule has 0 radical (unpaired) electrons. The van der Waals surface area contributed by atoms with Crippen LogP contribution in [0.3, 0.4) is 0 Å². The Morgan fingerprint density at radius 1 is 0.889 bits per heavy atom. The average molecular weight is 303 g/mol. The summed E-state index contributed by atoms with van der Waals surface area (Å²) in [4.78, 5) is 3.94. The van der Waals surface area contributed by atoms with Crippen molar-refractivity contribution in [3.05, 3.63) is 62.9 Å². The standard InChI is InChI=1S/C13H10Cl3NO/c14-11-4-2-1-3-9(11)7-18-8-10-5-6-12(15)17-13(10)16/h1-6H,7-8H2. The number of aromatic nitrogens is 1. The van der Waals surface area contributed by atoms with Crippen LogP contribution in [0.4, 0.5) is 0 Å². The normalized spacial score (nSPS) is 10.6. The lowest BCUT2D eigenvalue weighted by molar-refractivity contribution is 0.107. The van der Waals surface area contributed by atoms with Crippen molar-refractivity contribution in [2.45, 2.75) is 13.2 Å². The van der Waals surface area contributed by atoms with Gasteiger partial charge in [-0.25, -0.2) is 4.98 Å². The average Bonchev–Trinajstić information content (AvgIpc) is 2.34. The minimum Gasteiger partial charge on any atom is -0.372 e. The molecule has 18 heavy (non-hydrogen) atoms. The quantitative estimate of drug-likeness (QED) is 0.760. The predicted molar refractivity (Wildman–Crippen MR) is 74.2 cm³/mol. The third kappa shape index (κ3) is 3.59. The summed E-state index contributed by atoms with van der Waals surface area (Å²) in [6.07, 6.45) is 0. The van der Waals surface area contributed by atoms with Gasteiger partial charge in [0.1, 0.15) is 10.3 Å². The van der Waals surface area contributed by atoms with Crippen LogP contribution in [0.25, 0.3) is 0 Å². The van der Waals surface area contributed by atoms with Crippen molar-refractivity contribution in [1.29, 1.82) is 0 Å². The first-order valence-corrected chi connectivity index (χ1v) is 6.42. The molecule has 0 saturated heterocycles. The molecule has 0 fully saturated rings. The third-order valence-electron chi connectivity index (χ3n) is 2.36. The maximum absolute atomic E-state index is 6.02. The zero-order valence-corrected chi connectivity index (χ0v) is 11.6. The van der Waals surface area contributed by atoms with E-state index in [2.05, 4.69) is 4.98 Å². The van der Waals surface area contributed by atoms with Gasteiger partial charge in [-0.05, 0) is 17.7 Å². The first kappa shape index (κ1) is 13.6. The molecular formula is C13H10Cl3NO. The monoisotopic (exact) mass is 301 g/mol. The molecule has 0 N–H and O–H groups in total. The summed E-state index contributed by atoms with van der Waals surface area (Å²) in [5.41, 5.74) is 1.74. The maximum atomic E-state index is 6.02. The molecule has 0 atom stereocenters. The molecule has 0 aliphatic rings. The van der Waals surface area contributed by atoms with Crippen LogP contribution in [-0.2, 0) is 18.0 Å². The summed E-state index contributed by atoms with van der Waals surface area (Å²) in [6.45, 7) is 0.798. The van der Waals surface area contributed by atoms with Crippen LogP contribution in [-0.4, -0.2) is 4.98 Å². The molecule has 2 aromatic rings. The highest BCUT2D eigenvalue weighted by Gasteiger charge is 2.04. The molecule has 1 heterocycles. The fourth-order valence-electron chi connectivity index (χ4n) is 1.44. The van der Waals surface area contributed by atoms with Crippen LogP contribution >= 0.6 is 34.8 Å². The van der Waals surface area contributed by atoms with Gasteiger partial charge in [0.2, 0.25) is 0 Å². The second-order valence-electron chi connectivity index (χ2n) is 3.67. The van der Waals surface area contributed by atoms with E-state index in [4.69, 9.17) is 39.5 Å². The molecule has 94 valence electrons. The summed E-state index contributed by atoms with van der Waals surface area (Å²) in [5, 5.41) is 1.43. The van der Waals surface area contributed by atoms with Gasteiger partial charge in [0.15, 0.2) is 0 Å². The molecule has 0 spiro atoms. The third-order valence-corrected chi connectivity index (χ3v) is 3.27. The molecule has 1 aromatic heterocycles. The first-order chi connectivity index (χ1) is 8.66.